The first-order chi connectivity index (χ1) is 13.5. The third-order valence-electron chi connectivity index (χ3n) is 3.75. The summed E-state index contributed by atoms with van der Waals surface area (Å²) in [4.78, 5) is 24.3. The molecule has 0 bridgehead atoms. The number of rotatable bonds is 7. The highest BCUT2D eigenvalue weighted by atomic mass is 35.5. The summed E-state index contributed by atoms with van der Waals surface area (Å²) in [7, 11) is 1.25. The second-order valence-corrected chi connectivity index (χ2v) is 6.10. The zero-order valence-corrected chi connectivity index (χ0v) is 16.0. The van der Waals surface area contributed by atoms with Crippen LogP contribution in [0.4, 0.5) is 5.69 Å². The van der Waals surface area contributed by atoms with Crippen LogP contribution < -0.4 is 10.1 Å². The average Bonchev–Trinajstić information content (AvgIpc) is 3.33. The zero-order valence-electron chi connectivity index (χ0n) is 15.3. The zero-order chi connectivity index (χ0) is 20.1. The Bertz CT molecular complexity index is 998. The van der Waals surface area contributed by atoms with Crippen molar-refractivity contribution in [3.63, 3.8) is 0 Å². The third kappa shape index (κ3) is 4.49. The second-order valence-electron chi connectivity index (χ2n) is 5.66. The van der Waals surface area contributed by atoms with E-state index in [1.165, 1.54) is 16.5 Å². The van der Waals surface area contributed by atoms with Crippen molar-refractivity contribution < 1.29 is 19.1 Å². The van der Waals surface area contributed by atoms with Gasteiger partial charge in [-0.1, -0.05) is 17.7 Å². The van der Waals surface area contributed by atoms with Crippen LogP contribution in [0.2, 0.25) is 5.02 Å². The lowest BCUT2D eigenvalue weighted by atomic mass is 10.3. The second kappa shape index (κ2) is 8.57. The number of nitrogens with one attached hydrogen (secondary N) is 1. The van der Waals surface area contributed by atoms with Gasteiger partial charge in [-0.3, -0.25) is 9.48 Å². The fraction of sp³-hybridized carbons (Fsp3) is 0.222. The number of aromatic nitrogens is 4. The molecule has 0 aliphatic carbocycles. The summed E-state index contributed by atoms with van der Waals surface area (Å²) < 4.78 is 13.3. The van der Waals surface area contributed by atoms with E-state index in [1.54, 1.807) is 42.7 Å². The van der Waals surface area contributed by atoms with Crippen molar-refractivity contribution in [3.05, 3.63) is 59.1 Å². The molecule has 28 heavy (non-hydrogen) atoms. The van der Waals surface area contributed by atoms with Crippen LogP contribution in [0.15, 0.2) is 42.7 Å². The minimum atomic E-state index is -0.636. The van der Waals surface area contributed by atoms with E-state index in [0.29, 0.717) is 17.3 Å². The summed E-state index contributed by atoms with van der Waals surface area (Å²) in [5, 5.41) is 11.5. The molecule has 3 rings (SSSR count). The van der Waals surface area contributed by atoms with Crippen molar-refractivity contribution in [1.29, 1.82) is 0 Å². The topological polar surface area (TPSA) is 100 Å². The molecular formula is C18H18ClN5O4. The van der Waals surface area contributed by atoms with Gasteiger partial charge in [0.05, 0.1) is 12.8 Å². The summed E-state index contributed by atoms with van der Waals surface area (Å²) in [5.74, 6) is -0.533. The first-order valence-corrected chi connectivity index (χ1v) is 8.77. The van der Waals surface area contributed by atoms with Gasteiger partial charge in [-0.25, -0.2) is 9.48 Å². The number of carbonyl (C=O) groups is 2. The Morgan fingerprint density at radius 3 is 2.75 bits per heavy atom. The molecule has 0 unspecified atom stereocenters. The SMILES string of the molecule is CCn1cc(NC(=O)c2ccn(COc3cccc(Cl)c3)n2)c(C(=O)OC)n1. The largest absolute Gasteiger partial charge is 0.471 e. The number of benzene rings is 1. The number of aryl methyl sites for hydroxylation is 1. The Hall–Kier alpha value is -3.33. The normalized spacial score (nSPS) is 10.5. The predicted octanol–water partition coefficient (Wildman–Crippen LogP) is 2.83. The first-order valence-electron chi connectivity index (χ1n) is 8.39. The summed E-state index contributed by atoms with van der Waals surface area (Å²) in [6.07, 6.45) is 3.17. The van der Waals surface area contributed by atoms with Crippen molar-refractivity contribution in [2.24, 2.45) is 0 Å². The van der Waals surface area contributed by atoms with E-state index < -0.39 is 11.9 Å². The van der Waals surface area contributed by atoms with E-state index in [9.17, 15) is 9.59 Å². The van der Waals surface area contributed by atoms with Crippen molar-refractivity contribution in [2.45, 2.75) is 20.2 Å². The number of carbonyl (C=O) groups excluding carboxylic acids is 2. The van der Waals surface area contributed by atoms with Crippen molar-refractivity contribution >= 4 is 29.2 Å². The van der Waals surface area contributed by atoms with Crippen LogP contribution in [-0.2, 0) is 18.0 Å². The van der Waals surface area contributed by atoms with Gasteiger partial charge in [0.2, 0.25) is 0 Å². The maximum Gasteiger partial charge on any atom is 0.360 e. The van der Waals surface area contributed by atoms with Crippen molar-refractivity contribution in [2.75, 3.05) is 12.4 Å². The smallest absolute Gasteiger partial charge is 0.360 e. The number of hydrogen-bond acceptors (Lipinski definition) is 6. The molecule has 146 valence electrons. The highest BCUT2D eigenvalue weighted by molar-refractivity contribution is 6.30. The molecule has 1 N–H and O–H groups in total. The number of anilines is 1. The minimum absolute atomic E-state index is 0.0291. The van der Waals surface area contributed by atoms with Crippen LogP contribution in [0.5, 0.6) is 5.75 Å². The number of nitrogens with zero attached hydrogens (tertiary/aromatic N) is 4. The molecule has 0 radical (unpaired) electrons. The Morgan fingerprint density at radius 1 is 1.21 bits per heavy atom. The third-order valence-corrected chi connectivity index (χ3v) is 3.98. The number of hydrogen-bond donors (Lipinski definition) is 1. The monoisotopic (exact) mass is 403 g/mol. The van der Waals surface area contributed by atoms with Gasteiger partial charge < -0.3 is 14.8 Å². The quantitative estimate of drug-likeness (QED) is 0.609. The van der Waals surface area contributed by atoms with Crippen LogP contribution in [0.1, 0.15) is 27.9 Å². The van der Waals surface area contributed by atoms with E-state index in [2.05, 4.69) is 15.5 Å². The molecule has 0 fully saturated rings. The van der Waals surface area contributed by atoms with Gasteiger partial charge in [-0.2, -0.15) is 10.2 Å². The molecule has 3 aromatic rings. The molecule has 0 saturated heterocycles. The van der Waals surface area contributed by atoms with Crippen LogP contribution in [0.25, 0.3) is 0 Å². The molecule has 1 amide bonds. The molecule has 2 aromatic heterocycles. The lowest BCUT2D eigenvalue weighted by Gasteiger charge is -2.06. The highest BCUT2D eigenvalue weighted by Gasteiger charge is 2.20. The van der Waals surface area contributed by atoms with Crippen LogP contribution in [-0.4, -0.2) is 38.5 Å². The average molecular weight is 404 g/mol. The van der Waals surface area contributed by atoms with E-state index in [0.717, 1.165) is 0 Å². The van der Waals surface area contributed by atoms with E-state index in [4.69, 9.17) is 21.1 Å². The highest BCUT2D eigenvalue weighted by Crippen LogP contribution is 2.18. The maximum atomic E-state index is 12.5. The van der Waals surface area contributed by atoms with E-state index in [-0.39, 0.29) is 23.8 Å². The van der Waals surface area contributed by atoms with Gasteiger partial charge in [-0.15, -0.1) is 0 Å². The number of amides is 1. The minimum Gasteiger partial charge on any atom is -0.471 e. The molecule has 0 aliphatic rings. The van der Waals surface area contributed by atoms with Gasteiger partial charge in [-0.05, 0) is 31.2 Å². The Labute approximate surface area is 165 Å². The van der Waals surface area contributed by atoms with Gasteiger partial charge in [0.15, 0.2) is 18.1 Å². The van der Waals surface area contributed by atoms with Crippen LogP contribution >= 0.6 is 11.6 Å². The predicted molar refractivity (Wildman–Crippen MR) is 102 cm³/mol. The van der Waals surface area contributed by atoms with Gasteiger partial charge >= 0.3 is 5.97 Å². The van der Waals surface area contributed by atoms with Gasteiger partial charge in [0.25, 0.3) is 5.91 Å². The molecule has 1 aromatic carbocycles. The number of esters is 1. The number of methoxy groups -OCH3 is 1. The molecular weight excluding hydrogens is 386 g/mol. The van der Waals surface area contributed by atoms with E-state index >= 15 is 0 Å². The maximum absolute atomic E-state index is 12.5. The van der Waals surface area contributed by atoms with Crippen molar-refractivity contribution in [3.8, 4) is 5.75 Å². The Kier molecular flexibility index (Phi) is 5.95. The Morgan fingerprint density at radius 2 is 2.04 bits per heavy atom. The summed E-state index contributed by atoms with van der Waals surface area (Å²) in [6.45, 7) is 2.51. The molecule has 0 spiro atoms. The molecule has 0 atom stereocenters. The first kappa shape index (κ1) is 19.4. The van der Waals surface area contributed by atoms with Gasteiger partial charge in [0.1, 0.15) is 5.75 Å². The van der Waals surface area contributed by atoms with Crippen molar-refractivity contribution in [1.82, 2.24) is 19.6 Å². The number of ether oxygens (including phenoxy) is 2. The fourth-order valence-corrected chi connectivity index (χ4v) is 2.54. The molecule has 0 saturated carbocycles. The standard InChI is InChI=1S/C18H18ClN5O4/c1-3-23-10-15(16(22-23)18(26)27-2)20-17(25)14-7-8-24(21-14)11-28-13-6-4-5-12(19)9-13/h4-10H,3,11H2,1-2H3,(H,20,25). The lowest BCUT2D eigenvalue weighted by molar-refractivity contribution is 0.0594. The summed E-state index contributed by atoms with van der Waals surface area (Å²) in [5.41, 5.74) is 0.444. The molecule has 2 heterocycles. The lowest BCUT2D eigenvalue weighted by Crippen LogP contribution is -2.16. The molecule has 0 aliphatic heterocycles. The van der Waals surface area contributed by atoms with Crippen LogP contribution in [0.3, 0.4) is 0 Å². The van der Waals surface area contributed by atoms with E-state index in [1.807, 2.05) is 6.92 Å². The Balaban J connectivity index is 1.67. The summed E-state index contributed by atoms with van der Waals surface area (Å²) >= 11 is 5.91. The van der Waals surface area contributed by atoms with Gasteiger partial charge in [0, 0.05) is 24.0 Å². The fourth-order valence-electron chi connectivity index (χ4n) is 2.36. The van der Waals surface area contributed by atoms with Crippen LogP contribution in [0, 0.1) is 0 Å². The number of halogens is 1. The molecule has 10 heteroatoms. The molecule has 9 nitrogen and oxygen atoms in total. The summed E-state index contributed by atoms with van der Waals surface area (Å²) in [6, 6.07) is 8.50.